The van der Waals surface area contributed by atoms with E-state index in [0.717, 1.165) is 23.6 Å². The summed E-state index contributed by atoms with van der Waals surface area (Å²) in [6.07, 6.45) is 3.58. The number of nitrogens with one attached hydrogen (secondary N) is 2. The van der Waals surface area contributed by atoms with E-state index in [4.69, 9.17) is 0 Å². The molecule has 1 aromatic carbocycles. The van der Waals surface area contributed by atoms with Crippen LogP contribution in [-0.4, -0.2) is 22.0 Å². The first-order valence-electron chi connectivity index (χ1n) is 6.70. The number of anilines is 1. The van der Waals surface area contributed by atoms with E-state index in [9.17, 15) is 4.79 Å². The predicted molar refractivity (Wildman–Crippen MR) is 79.7 cm³/mol. The maximum Gasteiger partial charge on any atom is 0.253 e. The zero-order valence-corrected chi connectivity index (χ0v) is 12.1. The SMILES string of the molecule is CCNc1cc(C)ccc1C(=O)NCc1nccn1C. The fraction of sp³-hybridized carbons (Fsp3) is 0.333. The van der Waals surface area contributed by atoms with Crippen molar-refractivity contribution in [3.8, 4) is 0 Å². The average molecular weight is 272 g/mol. The second kappa shape index (κ2) is 6.23. The summed E-state index contributed by atoms with van der Waals surface area (Å²) in [4.78, 5) is 16.5. The number of carbonyl (C=O) groups is 1. The summed E-state index contributed by atoms with van der Waals surface area (Å²) >= 11 is 0. The molecule has 2 rings (SSSR count). The zero-order valence-electron chi connectivity index (χ0n) is 12.1. The molecule has 0 bridgehead atoms. The molecule has 1 aromatic heterocycles. The summed E-state index contributed by atoms with van der Waals surface area (Å²) in [5, 5.41) is 6.12. The second-order valence-corrected chi connectivity index (χ2v) is 4.72. The van der Waals surface area contributed by atoms with Crippen LogP contribution in [0.4, 0.5) is 5.69 Å². The summed E-state index contributed by atoms with van der Waals surface area (Å²) in [6, 6.07) is 5.77. The Bertz CT molecular complexity index is 604. The number of rotatable bonds is 5. The maximum absolute atomic E-state index is 12.3. The van der Waals surface area contributed by atoms with E-state index in [-0.39, 0.29) is 5.91 Å². The third-order valence-electron chi connectivity index (χ3n) is 3.11. The Labute approximate surface area is 119 Å². The van der Waals surface area contributed by atoms with E-state index in [1.54, 1.807) is 6.20 Å². The zero-order chi connectivity index (χ0) is 14.5. The van der Waals surface area contributed by atoms with Crippen LogP contribution in [-0.2, 0) is 13.6 Å². The lowest BCUT2D eigenvalue weighted by Gasteiger charge is -2.12. The molecule has 0 unspecified atom stereocenters. The molecule has 0 saturated carbocycles. The Morgan fingerprint density at radius 1 is 1.40 bits per heavy atom. The Morgan fingerprint density at radius 3 is 2.85 bits per heavy atom. The predicted octanol–water partition coefficient (Wildman–Crippen LogP) is 2.09. The summed E-state index contributed by atoms with van der Waals surface area (Å²) < 4.78 is 1.89. The van der Waals surface area contributed by atoms with Crippen LogP contribution in [0.5, 0.6) is 0 Å². The van der Waals surface area contributed by atoms with Gasteiger partial charge in [-0.15, -0.1) is 0 Å². The molecule has 1 amide bonds. The minimum Gasteiger partial charge on any atom is -0.385 e. The number of hydrogen-bond acceptors (Lipinski definition) is 3. The number of carbonyl (C=O) groups excluding carboxylic acids is 1. The number of nitrogens with zero attached hydrogens (tertiary/aromatic N) is 2. The average Bonchev–Trinajstić information content (AvgIpc) is 2.82. The number of hydrogen-bond donors (Lipinski definition) is 2. The van der Waals surface area contributed by atoms with E-state index in [2.05, 4.69) is 15.6 Å². The minimum atomic E-state index is -0.0936. The molecule has 106 valence electrons. The molecule has 5 nitrogen and oxygen atoms in total. The highest BCUT2D eigenvalue weighted by Gasteiger charge is 2.11. The van der Waals surface area contributed by atoms with Crippen molar-refractivity contribution >= 4 is 11.6 Å². The Kier molecular flexibility index (Phi) is 4.40. The lowest BCUT2D eigenvalue weighted by atomic mass is 10.1. The van der Waals surface area contributed by atoms with Gasteiger partial charge in [0.15, 0.2) is 0 Å². The number of imidazole rings is 1. The lowest BCUT2D eigenvalue weighted by Crippen LogP contribution is -2.25. The standard InChI is InChI=1S/C15H20N4O/c1-4-16-13-9-11(2)5-6-12(13)15(20)18-10-14-17-7-8-19(14)3/h5-9,16H,4,10H2,1-3H3,(H,18,20). The van der Waals surface area contributed by atoms with Gasteiger partial charge in [0, 0.05) is 31.7 Å². The molecular weight excluding hydrogens is 252 g/mol. The Morgan fingerprint density at radius 2 is 2.20 bits per heavy atom. The summed E-state index contributed by atoms with van der Waals surface area (Å²) in [6.45, 7) is 5.22. The smallest absolute Gasteiger partial charge is 0.253 e. The van der Waals surface area contributed by atoms with Crippen LogP contribution in [0.15, 0.2) is 30.6 Å². The molecule has 2 aromatic rings. The van der Waals surface area contributed by atoms with Crippen molar-refractivity contribution in [2.75, 3.05) is 11.9 Å². The highest BCUT2D eigenvalue weighted by molar-refractivity contribution is 5.99. The highest BCUT2D eigenvalue weighted by Crippen LogP contribution is 2.17. The first-order valence-corrected chi connectivity index (χ1v) is 6.70. The highest BCUT2D eigenvalue weighted by atomic mass is 16.1. The van der Waals surface area contributed by atoms with Gasteiger partial charge >= 0.3 is 0 Å². The van der Waals surface area contributed by atoms with Crippen LogP contribution >= 0.6 is 0 Å². The van der Waals surface area contributed by atoms with Gasteiger partial charge in [0.25, 0.3) is 5.91 Å². The molecule has 5 heteroatoms. The summed E-state index contributed by atoms with van der Waals surface area (Å²) in [5.74, 6) is 0.736. The molecule has 0 aliphatic rings. The van der Waals surface area contributed by atoms with E-state index < -0.39 is 0 Å². The first-order chi connectivity index (χ1) is 9.61. The lowest BCUT2D eigenvalue weighted by molar-refractivity contribution is 0.0950. The molecule has 0 aliphatic heterocycles. The fourth-order valence-electron chi connectivity index (χ4n) is 2.01. The largest absolute Gasteiger partial charge is 0.385 e. The van der Waals surface area contributed by atoms with Gasteiger partial charge in [-0.05, 0) is 31.5 Å². The van der Waals surface area contributed by atoms with Crippen LogP contribution < -0.4 is 10.6 Å². The van der Waals surface area contributed by atoms with Gasteiger partial charge in [-0.2, -0.15) is 0 Å². The molecule has 0 fully saturated rings. The van der Waals surface area contributed by atoms with E-state index in [0.29, 0.717) is 12.1 Å². The van der Waals surface area contributed by atoms with Crippen molar-refractivity contribution in [3.05, 3.63) is 47.5 Å². The monoisotopic (exact) mass is 272 g/mol. The van der Waals surface area contributed by atoms with Gasteiger partial charge in [0.1, 0.15) is 5.82 Å². The molecular formula is C15H20N4O. The van der Waals surface area contributed by atoms with Crippen LogP contribution in [0.25, 0.3) is 0 Å². The molecule has 0 radical (unpaired) electrons. The van der Waals surface area contributed by atoms with Crippen molar-refractivity contribution in [1.82, 2.24) is 14.9 Å². The first kappa shape index (κ1) is 14.1. The fourth-order valence-corrected chi connectivity index (χ4v) is 2.01. The van der Waals surface area contributed by atoms with E-state index in [1.807, 2.05) is 49.9 Å². The van der Waals surface area contributed by atoms with E-state index >= 15 is 0 Å². The van der Waals surface area contributed by atoms with Gasteiger partial charge in [0.05, 0.1) is 12.1 Å². The Balaban J connectivity index is 2.11. The third kappa shape index (κ3) is 3.17. The van der Waals surface area contributed by atoms with Gasteiger partial charge in [-0.3, -0.25) is 4.79 Å². The van der Waals surface area contributed by atoms with Crippen LogP contribution in [0.2, 0.25) is 0 Å². The van der Waals surface area contributed by atoms with Crippen LogP contribution in [0.1, 0.15) is 28.7 Å². The second-order valence-electron chi connectivity index (χ2n) is 4.72. The summed E-state index contributed by atoms with van der Waals surface area (Å²) in [5.41, 5.74) is 2.65. The van der Waals surface area contributed by atoms with Gasteiger partial charge in [-0.25, -0.2) is 4.98 Å². The van der Waals surface area contributed by atoms with Crippen molar-refractivity contribution in [2.24, 2.45) is 7.05 Å². The number of benzene rings is 1. The number of aromatic nitrogens is 2. The molecule has 0 aliphatic carbocycles. The molecule has 0 atom stereocenters. The topological polar surface area (TPSA) is 59.0 Å². The molecule has 20 heavy (non-hydrogen) atoms. The van der Waals surface area contributed by atoms with Crippen LogP contribution in [0.3, 0.4) is 0 Å². The maximum atomic E-state index is 12.3. The Hall–Kier alpha value is -2.30. The van der Waals surface area contributed by atoms with Gasteiger partial charge < -0.3 is 15.2 Å². The molecule has 0 saturated heterocycles. The minimum absolute atomic E-state index is 0.0936. The number of amides is 1. The van der Waals surface area contributed by atoms with Crippen molar-refractivity contribution in [3.63, 3.8) is 0 Å². The number of aryl methyl sites for hydroxylation is 2. The van der Waals surface area contributed by atoms with Crippen LogP contribution in [0, 0.1) is 6.92 Å². The van der Waals surface area contributed by atoms with Crippen molar-refractivity contribution in [1.29, 1.82) is 0 Å². The summed E-state index contributed by atoms with van der Waals surface area (Å²) in [7, 11) is 1.91. The van der Waals surface area contributed by atoms with Crippen molar-refractivity contribution in [2.45, 2.75) is 20.4 Å². The van der Waals surface area contributed by atoms with Crippen molar-refractivity contribution < 1.29 is 4.79 Å². The molecule has 2 N–H and O–H groups in total. The normalized spacial score (nSPS) is 10.3. The quantitative estimate of drug-likeness (QED) is 0.876. The molecule has 1 heterocycles. The molecule has 0 spiro atoms. The third-order valence-corrected chi connectivity index (χ3v) is 3.11. The van der Waals surface area contributed by atoms with Gasteiger partial charge in [-0.1, -0.05) is 6.07 Å². The van der Waals surface area contributed by atoms with Gasteiger partial charge in [0.2, 0.25) is 0 Å². The van der Waals surface area contributed by atoms with E-state index in [1.165, 1.54) is 0 Å².